The molecule has 4 heterocycles. The Balaban J connectivity index is 1.50. The summed E-state index contributed by atoms with van der Waals surface area (Å²) in [6.07, 6.45) is 9.45. The van der Waals surface area contributed by atoms with Crippen molar-refractivity contribution in [2.45, 2.75) is 94.7 Å². The molecule has 32 heavy (non-hydrogen) atoms. The van der Waals surface area contributed by atoms with Crippen molar-refractivity contribution in [1.29, 1.82) is 0 Å². The van der Waals surface area contributed by atoms with Crippen LogP contribution in [0.15, 0.2) is 14.5 Å². The molecule has 1 aliphatic heterocycles. The van der Waals surface area contributed by atoms with Gasteiger partial charge < -0.3 is 9.26 Å². The van der Waals surface area contributed by atoms with E-state index >= 15 is 0 Å². The molecule has 1 saturated heterocycles. The maximum Gasteiger partial charge on any atom is 0.263 e. The van der Waals surface area contributed by atoms with E-state index in [9.17, 15) is 4.79 Å². The first-order valence-electron chi connectivity index (χ1n) is 11.8. The Morgan fingerprint density at radius 2 is 2.12 bits per heavy atom. The summed E-state index contributed by atoms with van der Waals surface area (Å²) >= 11 is 3.22. The highest BCUT2D eigenvalue weighted by molar-refractivity contribution is 7.99. The number of hydrogen-bond acceptors (Lipinski definition) is 8. The molecule has 5 rings (SSSR count). The minimum atomic E-state index is -0.0902. The monoisotopic (exact) mass is 474 g/mol. The molecule has 2 aliphatic rings. The summed E-state index contributed by atoms with van der Waals surface area (Å²) in [7, 11) is 0. The van der Waals surface area contributed by atoms with E-state index < -0.39 is 0 Å². The van der Waals surface area contributed by atoms with Crippen LogP contribution in [0.2, 0.25) is 0 Å². The first kappa shape index (κ1) is 22.1. The summed E-state index contributed by atoms with van der Waals surface area (Å²) in [4.78, 5) is 25.5. The third-order valence-electron chi connectivity index (χ3n) is 6.32. The Labute approximate surface area is 196 Å². The van der Waals surface area contributed by atoms with Gasteiger partial charge in [0.2, 0.25) is 5.89 Å². The lowest BCUT2D eigenvalue weighted by atomic mass is 9.97. The quantitative estimate of drug-likeness (QED) is 0.332. The van der Waals surface area contributed by atoms with Crippen LogP contribution in [0.4, 0.5) is 0 Å². The first-order chi connectivity index (χ1) is 15.6. The fourth-order valence-corrected chi connectivity index (χ4v) is 6.79. The van der Waals surface area contributed by atoms with Crippen molar-refractivity contribution < 1.29 is 9.26 Å². The molecule has 0 radical (unpaired) electrons. The van der Waals surface area contributed by atoms with Crippen molar-refractivity contribution in [2.75, 3.05) is 6.61 Å². The van der Waals surface area contributed by atoms with Crippen molar-refractivity contribution in [1.82, 2.24) is 19.7 Å². The molecule has 0 N–H and O–H groups in total. The molecule has 1 aliphatic carbocycles. The van der Waals surface area contributed by atoms with Gasteiger partial charge in [0.25, 0.3) is 5.56 Å². The summed E-state index contributed by atoms with van der Waals surface area (Å²) in [6, 6.07) is 0. The van der Waals surface area contributed by atoms with E-state index in [1.807, 2.05) is 11.5 Å². The molecule has 3 aromatic rings. The smallest absolute Gasteiger partial charge is 0.263 e. The Kier molecular flexibility index (Phi) is 6.66. The fourth-order valence-electron chi connectivity index (χ4n) is 4.54. The Morgan fingerprint density at radius 3 is 2.94 bits per heavy atom. The van der Waals surface area contributed by atoms with Gasteiger partial charge in [-0.2, -0.15) is 4.98 Å². The molecular formula is C23H30N4O3S2. The minimum absolute atomic E-state index is 0.0696. The van der Waals surface area contributed by atoms with Crippen LogP contribution >= 0.6 is 23.1 Å². The number of aryl methyl sites for hydroxylation is 3. The maximum atomic E-state index is 13.7. The largest absolute Gasteiger partial charge is 0.376 e. The fraction of sp³-hybridized carbons (Fsp3) is 0.652. The van der Waals surface area contributed by atoms with Crippen LogP contribution < -0.4 is 5.56 Å². The van der Waals surface area contributed by atoms with Gasteiger partial charge in [-0.25, -0.2) is 4.98 Å². The lowest BCUT2D eigenvalue weighted by molar-refractivity contribution is 0.0937. The first-order valence-corrected chi connectivity index (χ1v) is 13.5. The topological polar surface area (TPSA) is 83.0 Å². The molecule has 0 bridgehead atoms. The second kappa shape index (κ2) is 9.65. The predicted molar refractivity (Wildman–Crippen MR) is 127 cm³/mol. The zero-order valence-electron chi connectivity index (χ0n) is 18.8. The predicted octanol–water partition coefficient (Wildman–Crippen LogP) is 5.09. The highest BCUT2D eigenvalue weighted by Gasteiger charge is 2.26. The van der Waals surface area contributed by atoms with Gasteiger partial charge in [0.05, 0.1) is 23.3 Å². The number of aromatic nitrogens is 4. The molecule has 1 fully saturated rings. The summed E-state index contributed by atoms with van der Waals surface area (Å²) < 4.78 is 13.2. The number of hydrogen-bond donors (Lipinski definition) is 0. The molecule has 0 amide bonds. The Hall–Kier alpha value is -1.71. The number of ether oxygens (including phenoxy) is 1. The van der Waals surface area contributed by atoms with Gasteiger partial charge in [-0.1, -0.05) is 30.3 Å². The van der Waals surface area contributed by atoms with Gasteiger partial charge in [-0.05, 0) is 57.4 Å². The Bertz CT molecular complexity index is 1150. The molecule has 0 aromatic carbocycles. The molecule has 0 spiro atoms. The van der Waals surface area contributed by atoms with Gasteiger partial charge in [0, 0.05) is 17.9 Å². The average Bonchev–Trinajstić information content (AvgIpc) is 3.54. The van der Waals surface area contributed by atoms with Crippen LogP contribution in [0.5, 0.6) is 0 Å². The third kappa shape index (κ3) is 4.39. The summed E-state index contributed by atoms with van der Waals surface area (Å²) in [6.45, 7) is 5.50. The van der Waals surface area contributed by atoms with Crippen LogP contribution in [0.25, 0.3) is 10.2 Å². The molecular weight excluding hydrogens is 444 g/mol. The lowest BCUT2D eigenvalue weighted by Crippen LogP contribution is -2.29. The number of nitrogens with zero attached hydrogens (tertiary/aromatic N) is 4. The minimum Gasteiger partial charge on any atom is -0.376 e. The molecule has 0 saturated carbocycles. The van der Waals surface area contributed by atoms with E-state index in [0.29, 0.717) is 12.4 Å². The van der Waals surface area contributed by atoms with Gasteiger partial charge in [0.15, 0.2) is 11.0 Å². The molecule has 9 heteroatoms. The summed E-state index contributed by atoms with van der Waals surface area (Å²) in [5.74, 6) is 1.34. The van der Waals surface area contributed by atoms with Gasteiger partial charge in [-0.15, -0.1) is 11.3 Å². The standard InChI is InChI=1S/C23H30N4O3S2/c1-3-4-11-18-24-20(30-26-18)14(2)31-23-25-21-19(16-9-5-6-10-17(16)32-21)22(28)27(23)13-15-8-7-12-29-15/h14-15H,3-13H2,1-2H3. The molecule has 172 valence electrons. The van der Waals surface area contributed by atoms with Gasteiger partial charge in [0.1, 0.15) is 4.83 Å². The lowest BCUT2D eigenvalue weighted by Gasteiger charge is -2.17. The van der Waals surface area contributed by atoms with E-state index in [1.54, 1.807) is 11.3 Å². The number of fused-ring (bicyclic) bond motifs is 3. The summed E-state index contributed by atoms with van der Waals surface area (Å²) in [5, 5.41) is 5.59. The average molecular weight is 475 g/mol. The highest BCUT2D eigenvalue weighted by Crippen LogP contribution is 2.37. The SMILES string of the molecule is CCCCc1noc(C(C)Sc2nc3sc4c(c3c(=O)n2CC2CCCO2)CCCC4)n1. The van der Waals surface area contributed by atoms with Crippen LogP contribution in [0.1, 0.15) is 79.8 Å². The number of unbranched alkanes of at least 4 members (excludes halogenated alkanes) is 1. The van der Waals surface area contributed by atoms with Crippen molar-refractivity contribution in [2.24, 2.45) is 0 Å². The number of thioether (sulfide) groups is 1. The van der Waals surface area contributed by atoms with Crippen molar-refractivity contribution >= 4 is 33.3 Å². The van der Waals surface area contributed by atoms with Gasteiger partial charge in [-0.3, -0.25) is 9.36 Å². The Morgan fingerprint density at radius 1 is 1.25 bits per heavy atom. The van der Waals surface area contributed by atoms with E-state index in [4.69, 9.17) is 14.2 Å². The normalized spacial score (nSPS) is 19.5. The van der Waals surface area contributed by atoms with Crippen molar-refractivity contribution in [3.05, 3.63) is 32.5 Å². The zero-order valence-corrected chi connectivity index (χ0v) is 20.4. The molecule has 3 aromatic heterocycles. The van der Waals surface area contributed by atoms with E-state index in [2.05, 4.69) is 17.1 Å². The maximum absolute atomic E-state index is 13.7. The van der Waals surface area contributed by atoms with Gasteiger partial charge >= 0.3 is 0 Å². The summed E-state index contributed by atoms with van der Waals surface area (Å²) in [5.41, 5.74) is 1.31. The second-order valence-corrected chi connectivity index (χ2v) is 11.1. The molecule has 2 atom stereocenters. The molecule has 2 unspecified atom stereocenters. The number of thiophene rings is 1. The van der Waals surface area contributed by atoms with Crippen LogP contribution in [0, 0.1) is 0 Å². The third-order valence-corrected chi connectivity index (χ3v) is 8.58. The van der Waals surface area contributed by atoms with Crippen molar-refractivity contribution in [3.8, 4) is 0 Å². The molecule has 7 nitrogen and oxygen atoms in total. The van der Waals surface area contributed by atoms with Crippen LogP contribution in [-0.4, -0.2) is 32.4 Å². The zero-order chi connectivity index (χ0) is 22.1. The van der Waals surface area contributed by atoms with Crippen LogP contribution in [0.3, 0.4) is 0 Å². The highest BCUT2D eigenvalue weighted by atomic mass is 32.2. The van der Waals surface area contributed by atoms with Crippen molar-refractivity contribution in [3.63, 3.8) is 0 Å². The second-order valence-electron chi connectivity index (χ2n) is 8.75. The number of rotatable bonds is 8. The van der Waals surface area contributed by atoms with E-state index in [0.717, 1.165) is 79.2 Å². The van der Waals surface area contributed by atoms with E-state index in [-0.39, 0.29) is 16.9 Å². The van der Waals surface area contributed by atoms with Crippen LogP contribution in [-0.2, 0) is 30.5 Å². The van der Waals surface area contributed by atoms with E-state index in [1.165, 1.54) is 28.6 Å².